The monoisotopic (exact) mass is 257 g/mol. The van der Waals surface area contributed by atoms with E-state index in [-0.39, 0.29) is 0 Å². The highest BCUT2D eigenvalue weighted by Crippen LogP contribution is 2.28. The van der Waals surface area contributed by atoms with Crippen molar-refractivity contribution < 1.29 is 9.84 Å². The van der Waals surface area contributed by atoms with Crippen molar-refractivity contribution in [2.45, 2.75) is 20.4 Å². The van der Waals surface area contributed by atoms with Crippen LogP contribution < -0.4 is 10.1 Å². The lowest BCUT2D eigenvalue weighted by atomic mass is 10.1. The fourth-order valence-corrected chi connectivity index (χ4v) is 2.01. The zero-order valence-corrected chi connectivity index (χ0v) is 11.5. The van der Waals surface area contributed by atoms with E-state index in [1.165, 1.54) is 0 Å². The van der Waals surface area contributed by atoms with E-state index in [0.29, 0.717) is 12.3 Å². The number of benzene rings is 2. The molecule has 2 aromatic carbocycles. The van der Waals surface area contributed by atoms with Gasteiger partial charge in [-0.15, -0.1) is 0 Å². The second-order valence-electron chi connectivity index (χ2n) is 4.61. The van der Waals surface area contributed by atoms with Gasteiger partial charge in [-0.25, -0.2) is 0 Å². The maximum atomic E-state index is 9.91. The van der Waals surface area contributed by atoms with Gasteiger partial charge in [0, 0.05) is 17.8 Å². The van der Waals surface area contributed by atoms with E-state index in [9.17, 15) is 5.11 Å². The highest BCUT2D eigenvalue weighted by molar-refractivity contribution is 5.59. The zero-order chi connectivity index (χ0) is 13.8. The summed E-state index contributed by atoms with van der Waals surface area (Å²) < 4.78 is 5.20. The molecule has 0 saturated heterocycles. The Hall–Kier alpha value is -2.16. The normalized spacial score (nSPS) is 10.3. The second-order valence-corrected chi connectivity index (χ2v) is 4.61. The van der Waals surface area contributed by atoms with Crippen LogP contribution in [0.1, 0.15) is 16.7 Å². The highest BCUT2D eigenvalue weighted by Gasteiger charge is 2.05. The van der Waals surface area contributed by atoms with E-state index in [1.807, 2.05) is 50.2 Å². The first-order valence-electron chi connectivity index (χ1n) is 6.28. The van der Waals surface area contributed by atoms with Crippen LogP contribution >= 0.6 is 0 Å². The lowest BCUT2D eigenvalue weighted by Crippen LogP contribution is -2.01. The molecule has 19 heavy (non-hydrogen) atoms. The number of methoxy groups -OCH3 is 1. The van der Waals surface area contributed by atoms with E-state index in [1.54, 1.807) is 7.11 Å². The molecule has 2 N–H and O–H groups in total. The summed E-state index contributed by atoms with van der Waals surface area (Å²) in [6.07, 6.45) is 0. The first-order chi connectivity index (χ1) is 9.11. The number of ether oxygens (including phenoxy) is 1. The fraction of sp³-hybridized carbons (Fsp3) is 0.250. The van der Waals surface area contributed by atoms with Crippen molar-refractivity contribution in [2.75, 3.05) is 12.4 Å². The predicted octanol–water partition coefficient (Wildman–Crippen LogP) is 3.63. The summed E-state index contributed by atoms with van der Waals surface area (Å²) >= 11 is 0. The van der Waals surface area contributed by atoms with Crippen molar-refractivity contribution in [2.24, 2.45) is 0 Å². The van der Waals surface area contributed by atoms with E-state index >= 15 is 0 Å². The van der Waals surface area contributed by atoms with Crippen LogP contribution in [-0.4, -0.2) is 12.2 Å². The van der Waals surface area contributed by atoms with Crippen LogP contribution in [-0.2, 0) is 6.54 Å². The molecule has 0 aliphatic carbocycles. The van der Waals surface area contributed by atoms with Crippen molar-refractivity contribution in [3.63, 3.8) is 0 Å². The largest absolute Gasteiger partial charge is 0.507 e. The fourth-order valence-electron chi connectivity index (χ4n) is 2.01. The van der Waals surface area contributed by atoms with Gasteiger partial charge in [-0.1, -0.05) is 18.2 Å². The topological polar surface area (TPSA) is 41.5 Å². The molecule has 0 radical (unpaired) electrons. The molecule has 3 nitrogen and oxygen atoms in total. The summed E-state index contributed by atoms with van der Waals surface area (Å²) in [5, 5.41) is 13.2. The first kappa shape index (κ1) is 13.3. The molecular formula is C16H19NO2. The Labute approximate surface area is 113 Å². The highest BCUT2D eigenvalue weighted by atomic mass is 16.5. The van der Waals surface area contributed by atoms with E-state index in [2.05, 4.69) is 5.32 Å². The van der Waals surface area contributed by atoms with Crippen LogP contribution in [0, 0.1) is 13.8 Å². The average molecular weight is 257 g/mol. The summed E-state index contributed by atoms with van der Waals surface area (Å²) in [4.78, 5) is 0. The van der Waals surface area contributed by atoms with E-state index in [0.717, 1.165) is 28.1 Å². The number of aryl methyl sites for hydroxylation is 1. The van der Waals surface area contributed by atoms with Gasteiger partial charge in [0.1, 0.15) is 11.5 Å². The van der Waals surface area contributed by atoms with Crippen molar-refractivity contribution in [3.8, 4) is 11.5 Å². The molecule has 0 aliphatic heterocycles. The molecule has 3 heteroatoms. The summed E-state index contributed by atoms with van der Waals surface area (Å²) in [5.74, 6) is 1.21. The van der Waals surface area contributed by atoms with Gasteiger partial charge in [0.25, 0.3) is 0 Å². The smallest absolute Gasteiger partial charge is 0.123 e. The molecule has 0 atom stereocenters. The average Bonchev–Trinajstić information content (AvgIpc) is 2.44. The minimum Gasteiger partial charge on any atom is -0.507 e. The van der Waals surface area contributed by atoms with Gasteiger partial charge in [0.2, 0.25) is 0 Å². The molecule has 0 aromatic heterocycles. The molecule has 0 spiro atoms. The molecule has 0 heterocycles. The molecule has 0 saturated carbocycles. The zero-order valence-electron chi connectivity index (χ0n) is 11.5. The molecule has 0 fully saturated rings. The third kappa shape index (κ3) is 2.99. The van der Waals surface area contributed by atoms with Crippen molar-refractivity contribution >= 4 is 5.69 Å². The number of hydrogen-bond acceptors (Lipinski definition) is 3. The lowest BCUT2D eigenvalue weighted by Gasteiger charge is -2.12. The molecule has 0 unspecified atom stereocenters. The van der Waals surface area contributed by atoms with Crippen LogP contribution in [0.5, 0.6) is 11.5 Å². The van der Waals surface area contributed by atoms with Gasteiger partial charge in [0.15, 0.2) is 0 Å². The summed E-state index contributed by atoms with van der Waals surface area (Å²) in [6.45, 7) is 4.50. The summed E-state index contributed by atoms with van der Waals surface area (Å²) in [7, 11) is 1.66. The predicted molar refractivity (Wildman–Crippen MR) is 77.9 cm³/mol. The van der Waals surface area contributed by atoms with Crippen LogP contribution in [0.2, 0.25) is 0 Å². The first-order valence-corrected chi connectivity index (χ1v) is 6.28. The molecule has 2 aromatic rings. The third-order valence-electron chi connectivity index (χ3n) is 3.25. The molecule has 0 bridgehead atoms. The second kappa shape index (κ2) is 5.65. The number of rotatable bonds is 4. The molecular weight excluding hydrogens is 238 g/mol. The third-order valence-corrected chi connectivity index (χ3v) is 3.25. The minimum absolute atomic E-state index is 0.357. The van der Waals surface area contributed by atoms with Gasteiger partial charge in [-0.3, -0.25) is 0 Å². The SMILES string of the molecule is COc1cccc(CNc2ccc(C)c(O)c2C)c1. The quantitative estimate of drug-likeness (QED) is 0.878. The van der Waals surface area contributed by atoms with Gasteiger partial charge in [0.05, 0.1) is 7.11 Å². The Morgan fingerprint density at radius 3 is 2.68 bits per heavy atom. The van der Waals surface area contributed by atoms with Gasteiger partial charge in [-0.2, -0.15) is 0 Å². The summed E-state index contributed by atoms with van der Waals surface area (Å²) in [5.41, 5.74) is 3.86. The molecule has 100 valence electrons. The van der Waals surface area contributed by atoms with Crippen LogP contribution in [0.3, 0.4) is 0 Å². The molecule has 0 amide bonds. The standard InChI is InChI=1S/C16H19NO2/c1-11-7-8-15(12(2)16(11)18)17-10-13-5-4-6-14(9-13)19-3/h4-9,17-18H,10H2,1-3H3. The number of aromatic hydroxyl groups is 1. The van der Waals surface area contributed by atoms with Crippen molar-refractivity contribution in [1.82, 2.24) is 0 Å². The minimum atomic E-state index is 0.357. The van der Waals surface area contributed by atoms with Crippen molar-refractivity contribution in [1.29, 1.82) is 0 Å². The number of anilines is 1. The van der Waals surface area contributed by atoms with Gasteiger partial charge >= 0.3 is 0 Å². The van der Waals surface area contributed by atoms with E-state index < -0.39 is 0 Å². The Balaban J connectivity index is 2.12. The Bertz CT molecular complexity index is 579. The number of hydrogen-bond donors (Lipinski definition) is 2. The van der Waals surface area contributed by atoms with E-state index in [4.69, 9.17) is 4.74 Å². The van der Waals surface area contributed by atoms with Gasteiger partial charge < -0.3 is 15.2 Å². The molecule has 0 aliphatic rings. The Kier molecular flexibility index (Phi) is 3.95. The summed E-state index contributed by atoms with van der Waals surface area (Å²) in [6, 6.07) is 11.8. The molecule has 2 rings (SSSR count). The lowest BCUT2D eigenvalue weighted by molar-refractivity contribution is 0.414. The van der Waals surface area contributed by atoms with Gasteiger partial charge in [-0.05, 0) is 43.2 Å². The Morgan fingerprint density at radius 2 is 1.95 bits per heavy atom. The Morgan fingerprint density at radius 1 is 1.16 bits per heavy atom. The van der Waals surface area contributed by atoms with Crippen LogP contribution in [0.4, 0.5) is 5.69 Å². The number of nitrogens with one attached hydrogen (secondary N) is 1. The number of phenolic OH excluding ortho intramolecular Hbond substituents is 1. The maximum Gasteiger partial charge on any atom is 0.123 e. The van der Waals surface area contributed by atoms with Crippen LogP contribution in [0.15, 0.2) is 36.4 Å². The van der Waals surface area contributed by atoms with Crippen LogP contribution in [0.25, 0.3) is 0 Å². The maximum absolute atomic E-state index is 9.91. The van der Waals surface area contributed by atoms with Crippen molar-refractivity contribution in [3.05, 3.63) is 53.1 Å². The number of phenols is 1.